The van der Waals surface area contributed by atoms with Gasteiger partial charge in [-0.2, -0.15) is 0 Å². The molecule has 1 aromatic carbocycles. The maximum Gasteiger partial charge on any atom is 0.269 e. The zero-order chi connectivity index (χ0) is 17.3. The van der Waals surface area contributed by atoms with Gasteiger partial charge >= 0.3 is 0 Å². The number of nitrogens with zero attached hydrogens (tertiary/aromatic N) is 2. The number of nitrogens with one attached hydrogen (secondary N) is 2. The van der Waals surface area contributed by atoms with Crippen molar-refractivity contribution in [3.05, 3.63) is 55.9 Å². The molecule has 0 bridgehead atoms. The van der Waals surface area contributed by atoms with E-state index in [9.17, 15) is 19.7 Å². The zero-order valence-electron chi connectivity index (χ0n) is 12.7. The van der Waals surface area contributed by atoms with E-state index >= 15 is 0 Å². The van der Waals surface area contributed by atoms with Crippen LogP contribution in [0.3, 0.4) is 0 Å². The lowest BCUT2D eigenvalue weighted by atomic mass is 9.87. The van der Waals surface area contributed by atoms with Crippen LogP contribution in [0.15, 0.2) is 34.2 Å². The lowest BCUT2D eigenvalue weighted by Crippen LogP contribution is -2.31. The highest BCUT2D eigenvalue weighted by molar-refractivity contribution is 7.99. The molecular formula is C15H14N4O4S. The first-order valence-corrected chi connectivity index (χ1v) is 8.29. The number of H-pyrrole nitrogens is 1. The standard InChI is InChI=1S/C15H14N4O4S/c1-2-24-15-17-13-12(14(21)18-15)10(7-11(20)16-13)8-3-5-9(6-4-8)19(22)23/h3-6,10H,2,7H2,1H3,(H2,16,17,18,20,21). The lowest BCUT2D eigenvalue weighted by molar-refractivity contribution is -0.384. The van der Waals surface area contributed by atoms with E-state index in [1.807, 2.05) is 6.92 Å². The van der Waals surface area contributed by atoms with Crippen LogP contribution in [0.2, 0.25) is 0 Å². The van der Waals surface area contributed by atoms with E-state index in [-0.39, 0.29) is 29.4 Å². The van der Waals surface area contributed by atoms with Gasteiger partial charge in [0.25, 0.3) is 11.2 Å². The molecule has 1 aromatic heterocycles. The van der Waals surface area contributed by atoms with Crippen LogP contribution in [-0.4, -0.2) is 26.6 Å². The number of non-ortho nitro benzene ring substituents is 1. The van der Waals surface area contributed by atoms with E-state index in [1.165, 1.54) is 23.9 Å². The highest BCUT2D eigenvalue weighted by Gasteiger charge is 2.31. The average Bonchev–Trinajstić information content (AvgIpc) is 2.54. The molecule has 3 rings (SSSR count). The number of nitro groups is 1. The van der Waals surface area contributed by atoms with Crippen LogP contribution in [0.5, 0.6) is 0 Å². The molecule has 0 fully saturated rings. The molecule has 0 spiro atoms. The molecule has 8 nitrogen and oxygen atoms in total. The van der Waals surface area contributed by atoms with Crippen molar-refractivity contribution in [3.8, 4) is 0 Å². The number of hydrogen-bond donors (Lipinski definition) is 2. The second-order valence-electron chi connectivity index (χ2n) is 5.22. The molecule has 1 aliphatic heterocycles. The van der Waals surface area contributed by atoms with Gasteiger partial charge in [0.15, 0.2) is 5.16 Å². The quantitative estimate of drug-likeness (QED) is 0.379. The molecule has 1 unspecified atom stereocenters. The number of carbonyl (C=O) groups is 1. The Hall–Kier alpha value is -2.68. The number of aromatic amines is 1. The monoisotopic (exact) mass is 346 g/mol. The van der Waals surface area contributed by atoms with Gasteiger partial charge in [-0.15, -0.1) is 0 Å². The first-order chi connectivity index (χ1) is 11.5. The predicted molar refractivity (Wildman–Crippen MR) is 89.4 cm³/mol. The fourth-order valence-electron chi connectivity index (χ4n) is 2.67. The van der Waals surface area contributed by atoms with Crippen molar-refractivity contribution in [1.29, 1.82) is 0 Å². The minimum Gasteiger partial charge on any atom is -0.310 e. The summed E-state index contributed by atoms with van der Waals surface area (Å²) in [6.45, 7) is 1.93. The van der Waals surface area contributed by atoms with Gasteiger partial charge < -0.3 is 10.3 Å². The van der Waals surface area contributed by atoms with Crippen LogP contribution < -0.4 is 10.9 Å². The summed E-state index contributed by atoms with van der Waals surface area (Å²) >= 11 is 1.37. The van der Waals surface area contributed by atoms with E-state index in [4.69, 9.17) is 0 Å². The van der Waals surface area contributed by atoms with E-state index < -0.39 is 10.8 Å². The number of anilines is 1. The third-order valence-electron chi connectivity index (χ3n) is 3.72. The average molecular weight is 346 g/mol. The summed E-state index contributed by atoms with van der Waals surface area (Å²) in [4.78, 5) is 41.7. The summed E-state index contributed by atoms with van der Waals surface area (Å²) in [5, 5.41) is 13.9. The molecule has 24 heavy (non-hydrogen) atoms. The summed E-state index contributed by atoms with van der Waals surface area (Å²) in [6.07, 6.45) is 0.0931. The number of benzene rings is 1. The molecular weight excluding hydrogens is 332 g/mol. The van der Waals surface area contributed by atoms with Crippen LogP contribution in [0.1, 0.15) is 30.4 Å². The number of thioether (sulfide) groups is 1. The fourth-order valence-corrected chi connectivity index (χ4v) is 3.26. The Balaban J connectivity index is 2.06. The number of carbonyl (C=O) groups excluding carboxylic acids is 1. The maximum absolute atomic E-state index is 12.5. The SMILES string of the molecule is CCSc1nc2c(c(=O)[nH]1)C(c1ccc([N+](=O)[O-])cc1)CC(=O)N2. The van der Waals surface area contributed by atoms with E-state index in [1.54, 1.807) is 12.1 Å². The first-order valence-electron chi connectivity index (χ1n) is 7.30. The van der Waals surface area contributed by atoms with Gasteiger partial charge in [-0.1, -0.05) is 30.8 Å². The molecule has 2 heterocycles. The Morgan fingerprint density at radius 1 is 1.33 bits per heavy atom. The number of amides is 1. The van der Waals surface area contributed by atoms with Crippen molar-refractivity contribution in [2.24, 2.45) is 0 Å². The molecule has 2 N–H and O–H groups in total. The van der Waals surface area contributed by atoms with Crippen LogP contribution >= 0.6 is 11.8 Å². The topological polar surface area (TPSA) is 118 Å². The highest BCUT2D eigenvalue weighted by Crippen LogP contribution is 2.34. The smallest absolute Gasteiger partial charge is 0.269 e. The van der Waals surface area contributed by atoms with Gasteiger partial charge in [0.05, 0.1) is 10.5 Å². The van der Waals surface area contributed by atoms with Crippen molar-refractivity contribution in [3.63, 3.8) is 0 Å². The van der Waals surface area contributed by atoms with Crippen LogP contribution in [-0.2, 0) is 4.79 Å². The van der Waals surface area contributed by atoms with Crippen LogP contribution in [0, 0.1) is 10.1 Å². The Morgan fingerprint density at radius 2 is 2.04 bits per heavy atom. The number of aromatic nitrogens is 2. The summed E-state index contributed by atoms with van der Waals surface area (Å²) < 4.78 is 0. The van der Waals surface area contributed by atoms with Gasteiger partial charge in [-0.3, -0.25) is 19.7 Å². The normalized spacial score (nSPS) is 16.4. The largest absolute Gasteiger partial charge is 0.310 e. The molecule has 1 aliphatic rings. The molecule has 0 radical (unpaired) electrons. The molecule has 1 atom stereocenters. The van der Waals surface area contributed by atoms with Crippen molar-refractivity contribution >= 4 is 29.2 Å². The van der Waals surface area contributed by atoms with Gasteiger partial charge in [0, 0.05) is 24.5 Å². The number of fused-ring (bicyclic) bond motifs is 1. The van der Waals surface area contributed by atoms with Crippen molar-refractivity contribution in [1.82, 2.24) is 9.97 Å². The summed E-state index contributed by atoms with van der Waals surface area (Å²) in [5.41, 5.74) is 0.698. The fraction of sp³-hybridized carbons (Fsp3) is 0.267. The van der Waals surface area contributed by atoms with E-state index in [2.05, 4.69) is 15.3 Å². The molecule has 9 heteroatoms. The lowest BCUT2D eigenvalue weighted by Gasteiger charge is -2.24. The Bertz CT molecular complexity index is 863. The molecule has 2 aromatic rings. The Kier molecular flexibility index (Phi) is 4.34. The zero-order valence-corrected chi connectivity index (χ0v) is 13.6. The molecule has 124 valence electrons. The Labute approximate surface area is 140 Å². The number of hydrogen-bond acceptors (Lipinski definition) is 6. The molecule has 0 saturated carbocycles. The van der Waals surface area contributed by atoms with Gasteiger partial charge in [-0.25, -0.2) is 4.98 Å². The van der Waals surface area contributed by atoms with Gasteiger partial charge in [0.1, 0.15) is 5.82 Å². The van der Waals surface area contributed by atoms with E-state index in [0.717, 1.165) is 5.75 Å². The van der Waals surface area contributed by atoms with Crippen molar-refractivity contribution in [2.45, 2.75) is 24.4 Å². The third-order valence-corrected chi connectivity index (χ3v) is 4.47. The number of rotatable bonds is 4. The van der Waals surface area contributed by atoms with Crippen molar-refractivity contribution in [2.75, 3.05) is 11.1 Å². The van der Waals surface area contributed by atoms with Gasteiger partial charge in [-0.05, 0) is 11.3 Å². The minimum absolute atomic E-state index is 0.0408. The van der Waals surface area contributed by atoms with Gasteiger partial charge in [0.2, 0.25) is 5.91 Å². The number of nitro benzene ring substituents is 1. The van der Waals surface area contributed by atoms with Crippen LogP contribution in [0.4, 0.5) is 11.5 Å². The first kappa shape index (κ1) is 16.2. The van der Waals surface area contributed by atoms with E-state index in [0.29, 0.717) is 16.3 Å². The molecule has 1 amide bonds. The second-order valence-corrected chi connectivity index (χ2v) is 6.47. The van der Waals surface area contributed by atoms with Crippen LogP contribution in [0.25, 0.3) is 0 Å². The molecule has 0 aliphatic carbocycles. The minimum atomic E-state index is -0.492. The van der Waals surface area contributed by atoms with Crippen molar-refractivity contribution < 1.29 is 9.72 Å². The molecule has 0 saturated heterocycles. The third kappa shape index (κ3) is 3.02. The summed E-state index contributed by atoms with van der Waals surface area (Å²) in [6, 6.07) is 5.87. The maximum atomic E-state index is 12.5. The summed E-state index contributed by atoms with van der Waals surface area (Å²) in [5.74, 6) is 0.277. The summed E-state index contributed by atoms with van der Waals surface area (Å²) in [7, 11) is 0. The highest BCUT2D eigenvalue weighted by atomic mass is 32.2. The second kappa shape index (κ2) is 6.44. The predicted octanol–water partition coefficient (Wildman–Crippen LogP) is 2.26. The Morgan fingerprint density at radius 3 is 2.67 bits per heavy atom.